The van der Waals surface area contributed by atoms with Crippen LogP contribution in [0.4, 0.5) is 0 Å². The topological polar surface area (TPSA) is 284 Å². The highest BCUT2D eigenvalue weighted by Gasteiger charge is 2.72. The van der Waals surface area contributed by atoms with Crippen molar-refractivity contribution in [1.29, 1.82) is 0 Å². The van der Waals surface area contributed by atoms with E-state index in [1.165, 1.54) is 20.8 Å². The second kappa shape index (κ2) is 21.8. The summed E-state index contributed by atoms with van der Waals surface area (Å²) in [5, 5.41) is 35.9. The van der Waals surface area contributed by atoms with Gasteiger partial charge in [-0.3, -0.25) is 29.0 Å². The van der Waals surface area contributed by atoms with Gasteiger partial charge in [0, 0.05) is 79.1 Å². The first-order valence-electron chi connectivity index (χ1n) is 29.7. The fraction of sp³-hybridized carbons (Fsp3) is 0.600. The maximum absolute atomic E-state index is 13.4. The van der Waals surface area contributed by atoms with Gasteiger partial charge >= 0.3 is 41.1 Å². The molecule has 1 aromatic carbocycles. The molecule has 20 nitrogen and oxygen atoms in total. The highest BCUT2D eigenvalue weighted by atomic mass is 16.6. The normalized spacial score (nSPS) is 36.6. The van der Waals surface area contributed by atoms with Gasteiger partial charge in [-0.05, 0) is 113 Å². The lowest BCUT2D eigenvalue weighted by Gasteiger charge is -2.66. The molecule has 4 aromatic rings. The predicted octanol–water partition coefficient (Wildman–Crippen LogP) is 8.33. The third kappa shape index (κ3) is 10.3. The third-order valence-corrected chi connectivity index (χ3v) is 21.0. The van der Waals surface area contributed by atoms with Gasteiger partial charge in [0.25, 0.3) is 0 Å². The second-order valence-electron chi connectivity index (χ2n) is 26.6. The van der Waals surface area contributed by atoms with Gasteiger partial charge in [-0.2, -0.15) is 0 Å². The number of rotatable bonds is 11. The Morgan fingerprint density at radius 2 is 1.05 bits per heavy atom. The summed E-state index contributed by atoms with van der Waals surface area (Å²) >= 11 is 0. The van der Waals surface area contributed by atoms with Crippen LogP contribution < -0.4 is 20.7 Å². The lowest BCUT2D eigenvalue weighted by atomic mass is 9.42. The predicted molar refractivity (Wildman–Crippen MR) is 301 cm³/mol. The number of hydrogen-bond acceptors (Lipinski definition) is 20. The second-order valence-corrected chi connectivity index (χ2v) is 26.6. The number of pyridine rings is 1. The van der Waals surface area contributed by atoms with Gasteiger partial charge in [0.15, 0.2) is 0 Å². The summed E-state index contributed by atoms with van der Waals surface area (Å²) in [7, 11) is 0. The Bertz CT molecular complexity index is 3390. The number of aromatic nitrogens is 1. The van der Waals surface area contributed by atoms with Crippen LogP contribution in [0.5, 0.6) is 11.5 Å². The Balaban J connectivity index is 0.000000177. The number of benzene rings is 1. The molecule has 4 unspecified atom stereocenters. The van der Waals surface area contributed by atoms with Crippen LogP contribution in [0.25, 0.3) is 22.6 Å². The number of nitrogens with zero attached hydrogens (tertiary/aromatic N) is 1. The molecule has 5 heterocycles. The van der Waals surface area contributed by atoms with Crippen molar-refractivity contribution in [3.05, 3.63) is 99.0 Å². The highest BCUT2D eigenvalue weighted by molar-refractivity contribution is 5.76. The van der Waals surface area contributed by atoms with Crippen LogP contribution >= 0.6 is 0 Å². The van der Waals surface area contributed by atoms with Crippen LogP contribution in [-0.2, 0) is 47.7 Å². The van der Waals surface area contributed by atoms with Gasteiger partial charge in [-0.15, -0.1) is 0 Å². The average Bonchev–Trinajstić information content (AvgIpc) is 1.27. The van der Waals surface area contributed by atoms with Crippen molar-refractivity contribution >= 4 is 29.8 Å². The molecule has 0 saturated heterocycles. The van der Waals surface area contributed by atoms with Crippen molar-refractivity contribution < 1.29 is 81.3 Å². The van der Waals surface area contributed by atoms with Gasteiger partial charge in [-0.1, -0.05) is 58.0 Å². The number of carbonyl (C=O) groups is 5. The highest BCUT2D eigenvalue weighted by Crippen LogP contribution is 2.69. The number of aliphatic hydroxyl groups excluding tert-OH is 3. The van der Waals surface area contributed by atoms with Crippen LogP contribution in [0, 0.1) is 57.2 Å². The molecule has 16 atom stereocenters. The fourth-order valence-corrected chi connectivity index (χ4v) is 16.6. The van der Waals surface area contributed by atoms with E-state index in [9.17, 15) is 48.9 Å². The van der Waals surface area contributed by atoms with E-state index in [0.29, 0.717) is 36.8 Å². The average molecular weight is 1180 g/mol. The number of fused-ring (bicyclic) bond motifs is 8. The summed E-state index contributed by atoms with van der Waals surface area (Å²) in [5.41, 5.74) is -5.75. The van der Waals surface area contributed by atoms with Crippen LogP contribution in [0.15, 0.2) is 85.4 Å². The number of hydrogen-bond donors (Lipinski definition) is 3. The first kappa shape index (κ1) is 59.8. The van der Waals surface area contributed by atoms with E-state index in [0.717, 1.165) is 25.7 Å². The summed E-state index contributed by atoms with van der Waals surface area (Å²) in [6.07, 6.45) is 3.33. The fourth-order valence-electron chi connectivity index (χ4n) is 16.6. The molecule has 6 fully saturated rings. The van der Waals surface area contributed by atoms with E-state index < -0.39 is 110 Å². The molecule has 0 spiro atoms. The number of ether oxygens (including phenoxy) is 7. The zero-order valence-electron chi connectivity index (χ0n) is 49.6. The maximum atomic E-state index is 13.4. The largest absolute Gasteiger partial charge is 0.484 e. The monoisotopic (exact) mass is 1180 g/mol. The maximum Gasteiger partial charge on any atom is 0.345 e. The summed E-state index contributed by atoms with van der Waals surface area (Å²) < 4.78 is 53.7. The van der Waals surface area contributed by atoms with Crippen LogP contribution in [0.1, 0.15) is 150 Å². The van der Waals surface area contributed by atoms with Gasteiger partial charge in [0.1, 0.15) is 76.9 Å². The SMILES string of the molecule is CC(=O)OC[C@]1(C)C2C[C@H](OC(C)=O)[C@@]3(C)Oc4cc(-c5ccccc5)oc(=O)c4[C@H](O)C3[C@@]2(C)CC[C@@H]1OC(C)=O.C[C@]12CC[C@H](OC(=O)C3CC3)[C@](C)(COC(=O)C3CC3)C1C[C@H](O)[C@@]1(C)Oc3cc(-c4cccnc4)oc(=O)c3[C@H](O)C21. The molecule has 6 aliphatic carbocycles. The minimum atomic E-state index is -1.33. The van der Waals surface area contributed by atoms with Gasteiger partial charge in [-0.25, -0.2) is 9.59 Å². The summed E-state index contributed by atoms with van der Waals surface area (Å²) in [5.74, 6) is -3.38. The number of carbonyl (C=O) groups excluding carboxylic acids is 5. The molecule has 20 heteroatoms. The van der Waals surface area contributed by atoms with E-state index in [1.54, 1.807) is 62.6 Å². The minimum absolute atomic E-state index is 0.00408. The standard InChI is InChI=1S/C33H39NO9.C32H38O10/c1-31-11-10-24(42-29(38)18-8-9-18)32(2,16-40-28(37)17-6-7-17)22(31)14-23(35)33(3)27(31)26(36)25-21(43-33)13-20(41-30(25)39)19-5-4-12-34-15-19;1-17(33)38-16-31(5)23-15-25(40-19(3)35)32(6)28(30(23,4)13-12-24(31)39-18(2)34)27(36)26-22(42-32)14-21(41-29(26)37)20-10-8-7-9-11-20/h4-5,12-13,15,17-18,22-24,26-27,35-36H,6-11,14,16H2,1-3H3;7-11,14,23-25,27-28,36H,12-13,15-16H2,1-6H3/t22?,23-,24-,26-,27?,31-,32+,33+;23?,24-,25-,27-,28?,30-,31+,32+/m00/s1. The molecule has 0 radical (unpaired) electrons. The minimum Gasteiger partial charge on any atom is -0.484 e. The van der Waals surface area contributed by atoms with E-state index in [2.05, 4.69) is 11.9 Å². The summed E-state index contributed by atoms with van der Waals surface area (Å²) in [4.78, 5) is 93.0. The molecular weight excluding hydrogens is 1100 g/mol. The smallest absolute Gasteiger partial charge is 0.345 e. The lowest BCUT2D eigenvalue weighted by Crippen LogP contribution is -2.71. The van der Waals surface area contributed by atoms with Crippen molar-refractivity contribution in [3.63, 3.8) is 0 Å². The van der Waals surface area contributed by atoms with Gasteiger partial charge < -0.3 is 57.3 Å². The van der Waals surface area contributed by atoms with E-state index in [-0.39, 0.29) is 95.8 Å². The number of aliphatic hydroxyl groups is 3. The summed E-state index contributed by atoms with van der Waals surface area (Å²) in [6, 6.07) is 15.7. The Kier molecular flexibility index (Phi) is 15.3. The zero-order valence-corrected chi connectivity index (χ0v) is 49.6. The van der Waals surface area contributed by atoms with E-state index in [1.807, 2.05) is 39.0 Å². The molecule has 3 N–H and O–H groups in total. The van der Waals surface area contributed by atoms with Crippen molar-refractivity contribution in [1.82, 2.24) is 4.98 Å². The Morgan fingerprint density at radius 3 is 1.58 bits per heavy atom. The lowest BCUT2D eigenvalue weighted by molar-refractivity contribution is -0.270. The van der Waals surface area contributed by atoms with Crippen molar-refractivity contribution in [2.24, 2.45) is 57.2 Å². The first-order valence-corrected chi connectivity index (χ1v) is 29.7. The number of esters is 5. The van der Waals surface area contributed by atoms with E-state index >= 15 is 0 Å². The molecule has 12 rings (SSSR count). The Labute approximate surface area is 492 Å². The van der Waals surface area contributed by atoms with Crippen molar-refractivity contribution in [2.45, 2.75) is 174 Å². The van der Waals surface area contributed by atoms with Crippen molar-refractivity contribution in [2.75, 3.05) is 13.2 Å². The molecule has 0 bridgehead atoms. The Hall–Kier alpha value is -6.90. The third-order valence-electron chi connectivity index (χ3n) is 21.0. The molecule has 456 valence electrons. The van der Waals surface area contributed by atoms with Crippen LogP contribution in [-0.4, -0.2) is 99.0 Å². The molecule has 8 aliphatic rings. The van der Waals surface area contributed by atoms with Crippen LogP contribution in [0.2, 0.25) is 0 Å². The molecule has 6 saturated carbocycles. The van der Waals surface area contributed by atoms with Crippen LogP contribution in [0.3, 0.4) is 0 Å². The molecule has 0 amide bonds. The molecular formula is C65H77NO19. The zero-order chi connectivity index (χ0) is 60.9. The Morgan fingerprint density at radius 1 is 0.565 bits per heavy atom. The van der Waals surface area contributed by atoms with Gasteiger partial charge in [0.2, 0.25) is 0 Å². The quantitative estimate of drug-likeness (QED) is 0.0939. The van der Waals surface area contributed by atoms with E-state index in [4.69, 9.17) is 42.0 Å². The first-order chi connectivity index (χ1) is 40.2. The molecule has 2 aliphatic heterocycles. The van der Waals surface area contributed by atoms with Gasteiger partial charge in [0.05, 0.1) is 30.1 Å². The molecule has 85 heavy (non-hydrogen) atoms. The van der Waals surface area contributed by atoms with Crippen molar-refractivity contribution in [3.8, 4) is 34.1 Å². The molecule has 3 aromatic heterocycles. The summed E-state index contributed by atoms with van der Waals surface area (Å²) in [6.45, 7) is 15.4.